The van der Waals surface area contributed by atoms with Crippen LogP contribution in [0.5, 0.6) is 0 Å². The number of piperidine rings is 1. The number of thiophene rings is 1. The van der Waals surface area contributed by atoms with Crippen LogP contribution in [-0.4, -0.2) is 33.7 Å². The van der Waals surface area contributed by atoms with Gasteiger partial charge in [-0.3, -0.25) is 9.69 Å². The quantitative estimate of drug-likeness (QED) is 0.389. The third kappa shape index (κ3) is 4.97. The van der Waals surface area contributed by atoms with Gasteiger partial charge in [0.25, 0.3) is 0 Å². The molecule has 1 aliphatic heterocycles. The Morgan fingerprint density at radius 3 is 2.75 bits per heavy atom. The van der Waals surface area contributed by atoms with E-state index in [4.69, 9.17) is 0 Å². The molecule has 0 bridgehead atoms. The van der Waals surface area contributed by atoms with E-state index in [1.165, 1.54) is 10.4 Å². The standard InChI is InChI=1S/C26H28N4OS/c31-25(11-6-19-12-14-30(15-13-19)17-22-3-2-16-32-22)20-7-9-21(10-8-20)29-26-23-4-1-5-24(23)27-18-28-26/h2-3,6-11,16,18-19H,1,4-5,12-15,17H2,(H,27,28,29)/b11-6+. The van der Waals surface area contributed by atoms with E-state index in [-0.39, 0.29) is 5.78 Å². The van der Waals surface area contributed by atoms with Crippen molar-refractivity contribution in [1.82, 2.24) is 14.9 Å². The van der Waals surface area contributed by atoms with Gasteiger partial charge in [-0.25, -0.2) is 9.97 Å². The predicted molar refractivity (Wildman–Crippen MR) is 130 cm³/mol. The number of carbonyl (C=O) groups is 1. The lowest BCUT2D eigenvalue weighted by Crippen LogP contribution is -2.32. The molecule has 2 aromatic heterocycles. The van der Waals surface area contributed by atoms with Crippen LogP contribution in [0.15, 0.2) is 60.3 Å². The molecule has 5 rings (SSSR count). The fourth-order valence-corrected chi connectivity index (χ4v) is 5.31. The predicted octanol–water partition coefficient (Wildman–Crippen LogP) is 5.42. The Hall–Kier alpha value is -2.83. The van der Waals surface area contributed by atoms with Gasteiger partial charge in [0.15, 0.2) is 5.78 Å². The van der Waals surface area contributed by atoms with Crippen LogP contribution in [0.1, 0.15) is 45.8 Å². The van der Waals surface area contributed by atoms with Crippen molar-refractivity contribution in [1.29, 1.82) is 0 Å². The molecule has 6 heteroatoms. The van der Waals surface area contributed by atoms with E-state index in [1.54, 1.807) is 12.4 Å². The number of nitrogens with one attached hydrogen (secondary N) is 1. The number of aryl methyl sites for hydroxylation is 1. The van der Waals surface area contributed by atoms with Gasteiger partial charge in [0.2, 0.25) is 0 Å². The van der Waals surface area contributed by atoms with Gasteiger partial charge in [0.05, 0.1) is 0 Å². The number of carbonyl (C=O) groups excluding carboxylic acids is 1. The normalized spacial score (nSPS) is 17.0. The summed E-state index contributed by atoms with van der Waals surface area (Å²) in [4.78, 5) is 25.4. The van der Waals surface area contributed by atoms with E-state index >= 15 is 0 Å². The first-order valence-electron chi connectivity index (χ1n) is 11.4. The number of aromatic nitrogens is 2. The molecule has 0 unspecified atom stereocenters. The van der Waals surface area contributed by atoms with Crippen LogP contribution in [0.3, 0.4) is 0 Å². The number of ketones is 1. The summed E-state index contributed by atoms with van der Waals surface area (Å²) >= 11 is 1.82. The van der Waals surface area contributed by atoms with Crippen LogP contribution >= 0.6 is 11.3 Å². The van der Waals surface area contributed by atoms with Crippen molar-refractivity contribution in [3.05, 3.63) is 82.0 Å². The van der Waals surface area contributed by atoms with E-state index in [0.29, 0.717) is 5.92 Å². The van der Waals surface area contributed by atoms with E-state index < -0.39 is 0 Å². The average molecular weight is 445 g/mol. The fourth-order valence-electron chi connectivity index (χ4n) is 4.57. The number of rotatable bonds is 7. The maximum Gasteiger partial charge on any atom is 0.185 e. The number of hydrogen-bond acceptors (Lipinski definition) is 6. The molecule has 1 aliphatic carbocycles. The van der Waals surface area contributed by atoms with Crippen LogP contribution in [-0.2, 0) is 19.4 Å². The molecule has 0 saturated carbocycles. The summed E-state index contributed by atoms with van der Waals surface area (Å²) in [6.07, 6.45) is 10.9. The van der Waals surface area contributed by atoms with Crippen LogP contribution in [0.25, 0.3) is 0 Å². The van der Waals surface area contributed by atoms with Gasteiger partial charge in [-0.1, -0.05) is 12.1 Å². The zero-order valence-corrected chi connectivity index (χ0v) is 19.0. The first kappa shape index (κ1) is 21.0. The van der Waals surface area contributed by atoms with Crippen molar-refractivity contribution in [2.45, 2.75) is 38.6 Å². The smallest absolute Gasteiger partial charge is 0.185 e. The Bertz CT molecular complexity index is 1080. The first-order valence-corrected chi connectivity index (χ1v) is 12.3. The molecule has 0 spiro atoms. The van der Waals surface area contributed by atoms with Crippen molar-refractivity contribution in [2.75, 3.05) is 18.4 Å². The Balaban J connectivity index is 1.13. The molecule has 164 valence electrons. The fraction of sp³-hybridized carbons (Fsp3) is 0.346. The summed E-state index contributed by atoms with van der Waals surface area (Å²) in [6, 6.07) is 12.0. The molecule has 32 heavy (non-hydrogen) atoms. The second kappa shape index (κ2) is 9.76. The molecule has 1 N–H and O–H groups in total. The number of allylic oxidation sites excluding steroid dienone is 2. The zero-order valence-electron chi connectivity index (χ0n) is 18.2. The second-order valence-electron chi connectivity index (χ2n) is 8.62. The van der Waals surface area contributed by atoms with Crippen LogP contribution in [0.4, 0.5) is 11.5 Å². The number of benzene rings is 1. The monoisotopic (exact) mass is 444 g/mol. The molecule has 0 atom stereocenters. The van der Waals surface area contributed by atoms with E-state index in [9.17, 15) is 4.79 Å². The summed E-state index contributed by atoms with van der Waals surface area (Å²) in [6.45, 7) is 3.23. The first-order chi connectivity index (χ1) is 15.7. The van der Waals surface area contributed by atoms with Gasteiger partial charge in [0.1, 0.15) is 12.1 Å². The minimum atomic E-state index is 0.0699. The molecule has 5 nitrogen and oxygen atoms in total. The van der Waals surface area contributed by atoms with Gasteiger partial charge in [0, 0.05) is 33.9 Å². The molecular formula is C26H28N4OS. The minimum absolute atomic E-state index is 0.0699. The van der Waals surface area contributed by atoms with Crippen LogP contribution < -0.4 is 5.32 Å². The Morgan fingerprint density at radius 1 is 1.12 bits per heavy atom. The molecule has 1 aromatic carbocycles. The van der Waals surface area contributed by atoms with E-state index in [1.807, 2.05) is 35.6 Å². The Kier molecular flexibility index (Phi) is 6.41. The third-order valence-electron chi connectivity index (χ3n) is 6.42. The lowest BCUT2D eigenvalue weighted by molar-refractivity contribution is 0.104. The molecule has 2 aliphatic rings. The number of anilines is 2. The van der Waals surface area contributed by atoms with Crippen molar-refractivity contribution < 1.29 is 4.79 Å². The topological polar surface area (TPSA) is 58.1 Å². The molecule has 1 saturated heterocycles. The Labute approximate surface area is 193 Å². The number of hydrogen-bond donors (Lipinski definition) is 1. The molecule has 0 amide bonds. The second-order valence-corrected chi connectivity index (χ2v) is 9.65. The highest BCUT2D eigenvalue weighted by Gasteiger charge is 2.19. The lowest BCUT2D eigenvalue weighted by atomic mass is 9.95. The average Bonchev–Trinajstić information content (AvgIpc) is 3.51. The summed E-state index contributed by atoms with van der Waals surface area (Å²) in [5.41, 5.74) is 4.03. The summed E-state index contributed by atoms with van der Waals surface area (Å²) in [7, 11) is 0. The van der Waals surface area contributed by atoms with E-state index in [2.05, 4.69) is 43.8 Å². The van der Waals surface area contributed by atoms with Gasteiger partial charge in [-0.05, 0) is 92.9 Å². The molecule has 3 aromatic rings. The largest absolute Gasteiger partial charge is 0.340 e. The highest BCUT2D eigenvalue weighted by atomic mass is 32.1. The summed E-state index contributed by atoms with van der Waals surface area (Å²) in [5, 5.41) is 5.53. The molecule has 1 fully saturated rings. The van der Waals surface area contributed by atoms with E-state index in [0.717, 1.165) is 74.5 Å². The molecule has 0 radical (unpaired) electrons. The van der Waals surface area contributed by atoms with Crippen molar-refractivity contribution in [3.63, 3.8) is 0 Å². The lowest BCUT2D eigenvalue weighted by Gasteiger charge is -2.30. The SMILES string of the molecule is O=C(/C=C/C1CCN(Cc2cccs2)CC1)c1ccc(Nc2ncnc3c2CCC3)cc1. The summed E-state index contributed by atoms with van der Waals surface area (Å²) < 4.78 is 0. The van der Waals surface area contributed by atoms with Gasteiger partial charge in [-0.15, -0.1) is 11.3 Å². The highest BCUT2D eigenvalue weighted by molar-refractivity contribution is 7.09. The van der Waals surface area contributed by atoms with Gasteiger partial charge in [-0.2, -0.15) is 0 Å². The van der Waals surface area contributed by atoms with Crippen molar-refractivity contribution in [3.8, 4) is 0 Å². The zero-order chi connectivity index (χ0) is 21.8. The Morgan fingerprint density at radius 2 is 1.97 bits per heavy atom. The molecular weight excluding hydrogens is 416 g/mol. The summed E-state index contributed by atoms with van der Waals surface area (Å²) in [5.74, 6) is 1.44. The maximum atomic E-state index is 12.6. The highest BCUT2D eigenvalue weighted by Crippen LogP contribution is 2.27. The maximum absolute atomic E-state index is 12.6. The molecule has 3 heterocycles. The van der Waals surface area contributed by atoms with Gasteiger partial charge >= 0.3 is 0 Å². The van der Waals surface area contributed by atoms with Crippen molar-refractivity contribution in [2.24, 2.45) is 5.92 Å². The number of likely N-dealkylation sites (tertiary alicyclic amines) is 1. The third-order valence-corrected chi connectivity index (χ3v) is 7.28. The van der Waals surface area contributed by atoms with Crippen molar-refractivity contribution >= 4 is 28.6 Å². The number of fused-ring (bicyclic) bond motifs is 1. The van der Waals surface area contributed by atoms with Crippen LogP contribution in [0, 0.1) is 5.92 Å². The number of nitrogens with zero attached hydrogens (tertiary/aromatic N) is 3. The minimum Gasteiger partial charge on any atom is -0.340 e. The van der Waals surface area contributed by atoms with Gasteiger partial charge < -0.3 is 5.32 Å². The van der Waals surface area contributed by atoms with Crippen LogP contribution in [0.2, 0.25) is 0 Å².